The zero-order valence-corrected chi connectivity index (χ0v) is 15.1. The molecule has 2 amide bonds. The van der Waals surface area contributed by atoms with E-state index in [1.165, 1.54) is 12.1 Å². The number of rotatable bonds is 6. The maximum absolute atomic E-state index is 14.2. The van der Waals surface area contributed by atoms with E-state index in [1.54, 1.807) is 0 Å². The lowest BCUT2D eigenvalue weighted by Gasteiger charge is -2.34. The number of nitrogens with one attached hydrogen (secondary N) is 2. The van der Waals surface area contributed by atoms with E-state index < -0.39 is 23.2 Å². The molecule has 142 valence electrons. The number of carbonyl (C=O) groups is 3. The number of carboxylic acid groups (broad SMARTS) is 1. The molecule has 7 heteroatoms. The molecule has 2 rings (SSSR count). The predicted octanol–water partition coefficient (Wildman–Crippen LogP) is 3.33. The second kappa shape index (κ2) is 8.29. The number of hydrogen-bond donors (Lipinski definition) is 3. The van der Waals surface area contributed by atoms with E-state index in [0.29, 0.717) is 12.8 Å². The maximum Gasteiger partial charge on any atom is 0.329 e. The fourth-order valence-corrected chi connectivity index (χ4v) is 3.17. The Balaban J connectivity index is 2.11. The molecule has 0 atom stereocenters. The highest BCUT2D eigenvalue weighted by molar-refractivity contribution is 5.98. The summed E-state index contributed by atoms with van der Waals surface area (Å²) in [6.07, 6.45) is 3.37. The van der Waals surface area contributed by atoms with Crippen LogP contribution in [0, 0.1) is 11.7 Å². The van der Waals surface area contributed by atoms with Crippen molar-refractivity contribution in [1.29, 1.82) is 0 Å². The van der Waals surface area contributed by atoms with E-state index >= 15 is 0 Å². The van der Waals surface area contributed by atoms with Crippen molar-refractivity contribution in [3.8, 4) is 0 Å². The minimum atomic E-state index is -1.30. The lowest BCUT2D eigenvalue weighted by atomic mass is 9.81. The van der Waals surface area contributed by atoms with E-state index in [2.05, 4.69) is 10.6 Å². The maximum atomic E-state index is 14.2. The highest BCUT2D eigenvalue weighted by Gasteiger charge is 2.41. The third-order valence-corrected chi connectivity index (χ3v) is 4.57. The number of benzene rings is 1. The van der Waals surface area contributed by atoms with E-state index in [9.17, 15) is 23.9 Å². The van der Waals surface area contributed by atoms with Crippen LogP contribution in [0.2, 0.25) is 0 Å². The van der Waals surface area contributed by atoms with Gasteiger partial charge in [-0.1, -0.05) is 33.1 Å². The molecule has 0 aliphatic heterocycles. The van der Waals surface area contributed by atoms with Gasteiger partial charge in [0.05, 0.1) is 5.69 Å². The lowest BCUT2D eigenvalue weighted by Crippen LogP contribution is -2.55. The molecule has 0 bridgehead atoms. The number of halogens is 1. The number of hydrogen-bond acceptors (Lipinski definition) is 3. The van der Waals surface area contributed by atoms with Gasteiger partial charge in [-0.15, -0.1) is 0 Å². The Morgan fingerprint density at radius 2 is 1.85 bits per heavy atom. The van der Waals surface area contributed by atoms with Crippen molar-refractivity contribution in [3.05, 3.63) is 29.6 Å². The van der Waals surface area contributed by atoms with E-state index in [4.69, 9.17) is 0 Å². The van der Waals surface area contributed by atoms with Gasteiger partial charge in [0.15, 0.2) is 0 Å². The first kappa shape index (κ1) is 19.9. The van der Waals surface area contributed by atoms with Gasteiger partial charge < -0.3 is 15.7 Å². The van der Waals surface area contributed by atoms with Gasteiger partial charge in [-0.2, -0.15) is 0 Å². The van der Waals surface area contributed by atoms with Gasteiger partial charge in [0.1, 0.15) is 11.4 Å². The van der Waals surface area contributed by atoms with Gasteiger partial charge in [0.2, 0.25) is 5.91 Å². The molecule has 0 saturated heterocycles. The highest BCUT2D eigenvalue weighted by atomic mass is 19.1. The normalized spacial score (nSPS) is 16.2. The number of aliphatic carboxylic acids is 1. The number of amides is 2. The van der Waals surface area contributed by atoms with Crippen LogP contribution in [-0.4, -0.2) is 28.4 Å². The standard InChI is InChI=1S/C19H25FN2O4/c1-12(2)10-16(23)21-15-7-6-13(11-14(15)20)17(24)22-19(18(25)26)8-4-3-5-9-19/h6-7,11-12H,3-5,8-10H2,1-2H3,(H,21,23)(H,22,24)(H,25,26). The summed E-state index contributed by atoms with van der Waals surface area (Å²) in [6, 6.07) is 3.71. The average Bonchev–Trinajstić information content (AvgIpc) is 2.56. The Labute approximate surface area is 152 Å². The molecule has 26 heavy (non-hydrogen) atoms. The average molecular weight is 364 g/mol. The van der Waals surface area contributed by atoms with Crippen molar-refractivity contribution in [3.63, 3.8) is 0 Å². The van der Waals surface area contributed by atoms with E-state index in [-0.39, 0.29) is 29.5 Å². The Hall–Kier alpha value is -2.44. The van der Waals surface area contributed by atoms with Gasteiger partial charge in [-0.05, 0) is 37.0 Å². The number of carbonyl (C=O) groups excluding carboxylic acids is 2. The first-order chi connectivity index (χ1) is 12.2. The van der Waals surface area contributed by atoms with Crippen molar-refractivity contribution in [2.24, 2.45) is 5.92 Å². The molecule has 6 nitrogen and oxygen atoms in total. The zero-order valence-electron chi connectivity index (χ0n) is 15.1. The van der Waals surface area contributed by atoms with Crippen molar-refractivity contribution in [1.82, 2.24) is 5.32 Å². The van der Waals surface area contributed by atoms with Gasteiger partial charge in [0.25, 0.3) is 5.91 Å². The minimum absolute atomic E-state index is 0.00202. The van der Waals surface area contributed by atoms with E-state index in [1.807, 2.05) is 13.8 Å². The summed E-state index contributed by atoms with van der Waals surface area (Å²) in [5.41, 5.74) is -1.27. The van der Waals surface area contributed by atoms with Crippen molar-refractivity contribution in [2.75, 3.05) is 5.32 Å². The molecular formula is C19H25FN2O4. The van der Waals surface area contributed by atoms with Crippen LogP contribution in [0.25, 0.3) is 0 Å². The molecule has 1 saturated carbocycles. The first-order valence-corrected chi connectivity index (χ1v) is 8.89. The molecule has 1 fully saturated rings. The number of anilines is 1. The topological polar surface area (TPSA) is 95.5 Å². The smallest absolute Gasteiger partial charge is 0.329 e. The molecule has 1 aromatic carbocycles. The largest absolute Gasteiger partial charge is 0.480 e. The van der Waals surface area contributed by atoms with Crippen molar-refractivity contribution in [2.45, 2.75) is 57.9 Å². The third kappa shape index (κ3) is 4.80. The van der Waals surface area contributed by atoms with Crippen LogP contribution in [0.5, 0.6) is 0 Å². The first-order valence-electron chi connectivity index (χ1n) is 8.89. The molecule has 0 unspecified atom stereocenters. The summed E-state index contributed by atoms with van der Waals surface area (Å²) in [5.74, 6) is -2.59. The molecule has 3 N–H and O–H groups in total. The summed E-state index contributed by atoms with van der Waals surface area (Å²) in [6.45, 7) is 3.76. The molecule has 0 radical (unpaired) electrons. The van der Waals surface area contributed by atoms with Crippen LogP contribution >= 0.6 is 0 Å². The second-order valence-electron chi connectivity index (χ2n) is 7.24. The molecule has 1 aliphatic rings. The fraction of sp³-hybridized carbons (Fsp3) is 0.526. The van der Waals surface area contributed by atoms with Crippen LogP contribution < -0.4 is 10.6 Å². The summed E-state index contributed by atoms with van der Waals surface area (Å²) >= 11 is 0. The molecule has 0 spiro atoms. The van der Waals surface area contributed by atoms with Crippen LogP contribution in [-0.2, 0) is 9.59 Å². The van der Waals surface area contributed by atoms with Crippen molar-refractivity contribution >= 4 is 23.5 Å². The SMILES string of the molecule is CC(C)CC(=O)Nc1ccc(C(=O)NC2(C(=O)O)CCCCC2)cc1F. The Bertz CT molecular complexity index is 697. The quantitative estimate of drug-likeness (QED) is 0.721. The van der Waals surface area contributed by atoms with E-state index in [0.717, 1.165) is 25.3 Å². The summed E-state index contributed by atoms with van der Waals surface area (Å²) in [4.78, 5) is 35.8. The third-order valence-electron chi connectivity index (χ3n) is 4.57. The monoisotopic (exact) mass is 364 g/mol. The van der Waals surface area contributed by atoms with Gasteiger partial charge in [0, 0.05) is 12.0 Å². The molecular weight excluding hydrogens is 339 g/mol. The van der Waals surface area contributed by atoms with Crippen LogP contribution in [0.4, 0.5) is 10.1 Å². The highest BCUT2D eigenvalue weighted by Crippen LogP contribution is 2.29. The van der Waals surface area contributed by atoms with Crippen molar-refractivity contribution < 1.29 is 23.9 Å². The fourth-order valence-electron chi connectivity index (χ4n) is 3.17. The van der Waals surface area contributed by atoms with Crippen LogP contribution in [0.15, 0.2) is 18.2 Å². The Morgan fingerprint density at radius 1 is 1.19 bits per heavy atom. The summed E-state index contributed by atoms with van der Waals surface area (Å²) in [7, 11) is 0. The van der Waals surface area contributed by atoms with Gasteiger partial charge >= 0.3 is 5.97 Å². The predicted molar refractivity (Wildman–Crippen MR) is 95.4 cm³/mol. The zero-order chi connectivity index (χ0) is 19.3. The molecule has 1 aromatic rings. The van der Waals surface area contributed by atoms with Gasteiger partial charge in [-0.25, -0.2) is 9.18 Å². The summed E-state index contributed by atoms with van der Waals surface area (Å²) in [5, 5.41) is 14.6. The minimum Gasteiger partial charge on any atom is -0.480 e. The van der Waals surface area contributed by atoms with Crippen LogP contribution in [0.1, 0.15) is 62.7 Å². The Kier molecular flexibility index (Phi) is 6.34. The molecule has 0 aromatic heterocycles. The number of carboxylic acids is 1. The molecule has 1 aliphatic carbocycles. The lowest BCUT2D eigenvalue weighted by molar-refractivity contribution is -0.146. The summed E-state index contributed by atoms with van der Waals surface area (Å²) < 4.78 is 14.2. The Morgan fingerprint density at radius 3 is 2.38 bits per heavy atom. The molecule has 0 heterocycles. The van der Waals surface area contributed by atoms with Gasteiger partial charge in [-0.3, -0.25) is 9.59 Å². The van der Waals surface area contributed by atoms with Crippen LogP contribution in [0.3, 0.4) is 0 Å². The second-order valence-corrected chi connectivity index (χ2v) is 7.24.